The molecule has 2 heterocycles. The highest BCUT2D eigenvalue weighted by Gasteiger charge is 2.14. The third-order valence-electron chi connectivity index (χ3n) is 5.49. The molecule has 0 fully saturated rings. The number of guanidine groups is 1. The van der Waals surface area contributed by atoms with Crippen molar-refractivity contribution in [1.82, 2.24) is 25.4 Å². The number of hydrogen-bond acceptors (Lipinski definition) is 3. The number of fused-ring (bicyclic) bond motifs is 1. The van der Waals surface area contributed by atoms with Gasteiger partial charge in [-0.3, -0.25) is 0 Å². The number of rotatable bonds is 8. The molecular weight excluding hydrogens is 360 g/mol. The molecule has 0 saturated heterocycles. The number of aryl methyl sites for hydroxylation is 2. The molecule has 29 heavy (non-hydrogen) atoms. The van der Waals surface area contributed by atoms with Crippen LogP contribution in [0.15, 0.2) is 29.3 Å². The maximum absolute atomic E-state index is 4.74. The third-order valence-corrected chi connectivity index (χ3v) is 5.49. The number of nitrogens with one attached hydrogen (secondary N) is 2. The van der Waals surface area contributed by atoms with Crippen LogP contribution in [0.4, 0.5) is 0 Å². The van der Waals surface area contributed by atoms with Crippen molar-refractivity contribution in [3.63, 3.8) is 0 Å². The second-order valence-electron chi connectivity index (χ2n) is 8.12. The van der Waals surface area contributed by atoms with Gasteiger partial charge < -0.3 is 15.2 Å². The maximum Gasteiger partial charge on any atom is 0.191 e. The Balaban J connectivity index is 1.49. The molecular formula is C23H36N6. The molecule has 2 N–H and O–H groups in total. The summed E-state index contributed by atoms with van der Waals surface area (Å²) in [6, 6.07) is 9.01. The number of nitrogens with zero attached hydrogens (tertiary/aromatic N) is 4. The van der Waals surface area contributed by atoms with Crippen LogP contribution in [0.25, 0.3) is 0 Å². The molecule has 0 atom stereocenters. The van der Waals surface area contributed by atoms with Crippen molar-refractivity contribution in [2.75, 3.05) is 13.1 Å². The Morgan fingerprint density at radius 3 is 2.69 bits per heavy atom. The molecule has 0 spiro atoms. The van der Waals surface area contributed by atoms with Gasteiger partial charge in [0, 0.05) is 26.1 Å². The highest BCUT2D eigenvalue weighted by Crippen LogP contribution is 2.16. The highest BCUT2D eigenvalue weighted by molar-refractivity contribution is 5.79. The van der Waals surface area contributed by atoms with Crippen LogP contribution in [-0.2, 0) is 25.9 Å². The standard InChI is InChI=1S/C23H36N6/c1-4-24-23(25-15-8-9-19-11-13-20(14-12-19)18(2)3)26-17-22-28-27-21-10-6-5-7-16-29(21)22/h11-14,18H,4-10,15-17H2,1-3H3,(H2,24,25,26). The molecule has 2 aromatic rings. The molecule has 6 nitrogen and oxygen atoms in total. The molecule has 0 amide bonds. The Bertz CT molecular complexity index is 775. The molecule has 0 radical (unpaired) electrons. The van der Waals surface area contributed by atoms with Crippen LogP contribution < -0.4 is 10.6 Å². The molecule has 3 rings (SSSR count). The zero-order valence-corrected chi connectivity index (χ0v) is 18.2. The predicted octanol–water partition coefficient (Wildman–Crippen LogP) is 3.82. The highest BCUT2D eigenvalue weighted by atomic mass is 15.3. The van der Waals surface area contributed by atoms with Gasteiger partial charge in [-0.2, -0.15) is 0 Å². The summed E-state index contributed by atoms with van der Waals surface area (Å²) < 4.78 is 2.26. The second kappa shape index (κ2) is 11.0. The second-order valence-corrected chi connectivity index (χ2v) is 8.12. The molecule has 0 saturated carbocycles. The summed E-state index contributed by atoms with van der Waals surface area (Å²) in [6.07, 6.45) is 6.88. The Hall–Kier alpha value is -2.37. The lowest BCUT2D eigenvalue weighted by Crippen LogP contribution is -2.38. The first-order valence-corrected chi connectivity index (χ1v) is 11.2. The summed E-state index contributed by atoms with van der Waals surface area (Å²) in [5.41, 5.74) is 2.80. The first-order valence-electron chi connectivity index (χ1n) is 11.2. The van der Waals surface area contributed by atoms with Gasteiger partial charge >= 0.3 is 0 Å². The quantitative estimate of drug-likeness (QED) is 0.404. The Morgan fingerprint density at radius 2 is 1.93 bits per heavy atom. The van der Waals surface area contributed by atoms with Gasteiger partial charge in [-0.05, 0) is 49.7 Å². The summed E-state index contributed by atoms with van der Waals surface area (Å²) in [5.74, 6) is 3.54. The van der Waals surface area contributed by atoms with Gasteiger partial charge in [0.25, 0.3) is 0 Å². The van der Waals surface area contributed by atoms with E-state index in [9.17, 15) is 0 Å². The van der Waals surface area contributed by atoms with Crippen molar-refractivity contribution in [3.8, 4) is 0 Å². The van der Waals surface area contributed by atoms with Gasteiger partial charge in [0.2, 0.25) is 0 Å². The van der Waals surface area contributed by atoms with Crippen molar-refractivity contribution < 1.29 is 0 Å². The lowest BCUT2D eigenvalue weighted by Gasteiger charge is -2.12. The Labute approximate surface area is 175 Å². The van der Waals surface area contributed by atoms with Crippen LogP contribution in [0.5, 0.6) is 0 Å². The lowest BCUT2D eigenvalue weighted by atomic mass is 10.0. The molecule has 0 unspecified atom stereocenters. The van der Waals surface area contributed by atoms with Gasteiger partial charge in [-0.25, -0.2) is 4.99 Å². The average Bonchev–Trinajstić information content (AvgIpc) is 2.95. The SMILES string of the molecule is CCNC(=NCc1nnc2n1CCCCC2)NCCCc1ccc(C(C)C)cc1. The van der Waals surface area contributed by atoms with E-state index in [1.165, 1.54) is 30.4 Å². The number of hydrogen-bond donors (Lipinski definition) is 2. The minimum atomic E-state index is 0.568. The molecule has 0 aliphatic carbocycles. The van der Waals surface area contributed by atoms with E-state index in [1.54, 1.807) is 0 Å². The van der Waals surface area contributed by atoms with E-state index < -0.39 is 0 Å². The largest absolute Gasteiger partial charge is 0.357 e. The predicted molar refractivity (Wildman–Crippen MR) is 119 cm³/mol. The average molecular weight is 397 g/mol. The Morgan fingerprint density at radius 1 is 1.10 bits per heavy atom. The normalized spacial score (nSPS) is 14.6. The van der Waals surface area contributed by atoms with Crippen LogP contribution in [0, 0.1) is 0 Å². The molecule has 0 bridgehead atoms. The van der Waals surface area contributed by atoms with Crippen molar-refractivity contribution in [1.29, 1.82) is 0 Å². The fraction of sp³-hybridized carbons (Fsp3) is 0.609. The summed E-state index contributed by atoms with van der Waals surface area (Å²) in [4.78, 5) is 4.74. The number of aliphatic imine (C=N–C) groups is 1. The van der Waals surface area contributed by atoms with Crippen LogP contribution in [0.1, 0.15) is 75.1 Å². The van der Waals surface area contributed by atoms with E-state index >= 15 is 0 Å². The van der Waals surface area contributed by atoms with E-state index in [2.05, 4.69) is 70.4 Å². The molecule has 1 aromatic carbocycles. The maximum atomic E-state index is 4.74. The van der Waals surface area contributed by atoms with Crippen LogP contribution >= 0.6 is 0 Å². The van der Waals surface area contributed by atoms with E-state index in [0.717, 1.165) is 56.5 Å². The van der Waals surface area contributed by atoms with Gasteiger partial charge in [0.15, 0.2) is 11.8 Å². The smallest absolute Gasteiger partial charge is 0.191 e. The molecule has 1 aromatic heterocycles. The fourth-order valence-electron chi connectivity index (χ4n) is 3.72. The monoisotopic (exact) mass is 396 g/mol. The summed E-state index contributed by atoms with van der Waals surface area (Å²) in [5, 5.41) is 15.5. The van der Waals surface area contributed by atoms with E-state index in [4.69, 9.17) is 4.99 Å². The van der Waals surface area contributed by atoms with Gasteiger partial charge in [-0.15, -0.1) is 10.2 Å². The zero-order chi connectivity index (χ0) is 20.5. The first kappa shape index (κ1) is 21.3. The van der Waals surface area contributed by atoms with Gasteiger partial charge in [-0.1, -0.05) is 44.5 Å². The van der Waals surface area contributed by atoms with E-state index in [0.29, 0.717) is 12.5 Å². The van der Waals surface area contributed by atoms with Crippen LogP contribution in [0.2, 0.25) is 0 Å². The summed E-state index contributed by atoms with van der Waals surface area (Å²) in [7, 11) is 0. The number of benzene rings is 1. The fourth-order valence-corrected chi connectivity index (χ4v) is 3.72. The Kier molecular flexibility index (Phi) is 8.08. The van der Waals surface area contributed by atoms with Crippen molar-refractivity contribution in [2.24, 2.45) is 4.99 Å². The number of aromatic nitrogens is 3. The molecule has 1 aliphatic rings. The van der Waals surface area contributed by atoms with Crippen molar-refractivity contribution >= 4 is 5.96 Å². The van der Waals surface area contributed by atoms with Crippen molar-refractivity contribution in [2.45, 2.75) is 78.3 Å². The molecule has 1 aliphatic heterocycles. The summed E-state index contributed by atoms with van der Waals surface area (Å²) >= 11 is 0. The first-order chi connectivity index (χ1) is 14.2. The molecule has 158 valence electrons. The topological polar surface area (TPSA) is 67.1 Å². The lowest BCUT2D eigenvalue weighted by molar-refractivity contribution is 0.605. The van der Waals surface area contributed by atoms with Gasteiger partial charge in [0.1, 0.15) is 12.4 Å². The van der Waals surface area contributed by atoms with Crippen LogP contribution in [-0.4, -0.2) is 33.8 Å². The van der Waals surface area contributed by atoms with Crippen LogP contribution in [0.3, 0.4) is 0 Å². The van der Waals surface area contributed by atoms with Crippen molar-refractivity contribution in [3.05, 3.63) is 47.0 Å². The summed E-state index contributed by atoms with van der Waals surface area (Å²) in [6.45, 7) is 9.90. The zero-order valence-electron chi connectivity index (χ0n) is 18.2. The van der Waals surface area contributed by atoms with E-state index in [-0.39, 0.29) is 0 Å². The minimum absolute atomic E-state index is 0.568. The van der Waals surface area contributed by atoms with E-state index in [1.807, 2.05) is 0 Å². The molecule has 6 heteroatoms. The minimum Gasteiger partial charge on any atom is -0.357 e. The third kappa shape index (κ3) is 6.31. The van der Waals surface area contributed by atoms with Gasteiger partial charge in [0.05, 0.1) is 0 Å².